The third-order valence-electron chi connectivity index (χ3n) is 5.22. The Morgan fingerprint density at radius 1 is 1.15 bits per heavy atom. The monoisotopic (exact) mass is 375 g/mol. The van der Waals surface area contributed by atoms with E-state index >= 15 is 0 Å². The predicted octanol–water partition coefficient (Wildman–Crippen LogP) is 3.20. The van der Waals surface area contributed by atoms with Crippen molar-refractivity contribution >= 4 is 18.0 Å². The largest absolute Gasteiger partial charge is 0.493 e. The number of hydrogen-bond donors (Lipinski definition) is 1. The Morgan fingerprint density at radius 3 is 2.59 bits per heavy atom. The molecule has 0 aromatic heterocycles. The van der Waals surface area contributed by atoms with Crippen molar-refractivity contribution in [1.82, 2.24) is 5.32 Å². The standard InChI is InChI=1S/C21H29NO5/c1-14-6-5-7-17(15(14)2)22-20(23)13-27-21(24)11-9-16-8-10-18(25-3)19(12-16)26-4/h8-12,14-15,17H,5-7,13H2,1-4H3,(H,22,23)/b11-9+/t14-,15-,17-/m1/s1. The van der Waals surface area contributed by atoms with Gasteiger partial charge in [0.25, 0.3) is 5.91 Å². The highest BCUT2D eigenvalue weighted by molar-refractivity contribution is 5.89. The van der Waals surface area contributed by atoms with Gasteiger partial charge in [-0.2, -0.15) is 0 Å². The summed E-state index contributed by atoms with van der Waals surface area (Å²) in [5, 5.41) is 2.99. The van der Waals surface area contributed by atoms with Gasteiger partial charge >= 0.3 is 5.97 Å². The van der Waals surface area contributed by atoms with Gasteiger partial charge in [0, 0.05) is 12.1 Å². The summed E-state index contributed by atoms with van der Waals surface area (Å²) in [4.78, 5) is 23.9. The van der Waals surface area contributed by atoms with Gasteiger partial charge < -0.3 is 19.5 Å². The topological polar surface area (TPSA) is 73.9 Å². The van der Waals surface area contributed by atoms with Gasteiger partial charge in [-0.1, -0.05) is 32.8 Å². The number of rotatable bonds is 7. The van der Waals surface area contributed by atoms with Crippen LogP contribution < -0.4 is 14.8 Å². The van der Waals surface area contributed by atoms with Crippen LogP contribution in [0.15, 0.2) is 24.3 Å². The average Bonchev–Trinajstić information content (AvgIpc) is 2.68. The number of benzene rings is 1. The predicted molar refractivity (Wildman–Crippen MR) is 104 cm³/mol. The van der Waals surface area contributed by atoms with Crippen molar-refractivity contribution in [2.45, 2.75) is 39.2 Å². The maximum absolute atomic E-state index is 12.1. The number of carbonyl (C=O) groups is 2. The highest BCUT2D eigenvalue weighted by atomic mass is 16.5. The lowest BCUT2D eigenvalue weighted by molar-refractivity contribution is -0.144. The first-order valence-corrected chi connectivity index (χ1v) is 9.30. The molecule has 0 saturated heterocycles. The maximum Gasteiger partial charge on any atom is 0.331 e. The molecular weight excluding hydrogens is 346 g/mol. The van der Waals surface area contributed by atoms with E-state index in [-0.39, 0.29) is 18.6 Å². The Hall–Kier alpha value is -2.50. The Morgan fingerprint density at radius 2 is 1.89 bits per heavy atom. The molecule has 0 heterocycles. The van der Waals surface area contributed by atoms with Crippen molar-refractivity contribution in [3.05, 3.63) is 29.8 Å². The van der Waals surface area contributed by atoms with Crippen molar-refractivity contribution in [3.8, 4) is 11.5 Å². The van der Waals surface area contributed by atoms with E-state index in [2.05, 4.69) is 19.2 Å². The molecule has 0 spiro atoms. The molecule has 1 aliphatic rings. The second-order valence-electron chi connectivity index (χ2n) is 7.00. The molecule has 148 valence electrons. The smallest absolute Gasteiger partial charge is 0.331 e. The molecule has 1 fully saturated rings. The summed E-state index contributed by atoms with van der Waals surface area (Å²) in [7, 11) is 3.11. The number of methoxy groups -OCH3 is 2. The molecule has 1 saturated carbocycles. The lowest BCUT2D eigenvalue weighted by Gasteiger charge is -2.34. The van der Waals surface area contributed by atoms with Gasteiger partial charge in [0.2, 0.25) is 0 Å². The van der Waals surface area contributed by atoms with Crippen LogP contribution in [0.2, 0.25) is 0 Å². The van der Waals surface area contributed by atoms with Crippen LogP contribution >= 0.6 is 0 Å². The van der Waals surface area contributed by atoms with E-state index < -0.39 is 5.97 Å². The van der Waals surface area contributed by atoms with Crippen LogP contribution in [0.25, 0.3) is 6.08 Å². The van der Waals surface area contributed by atoms with Crippen molar-refractivity contribution < 1.29 is 23.8 Å². The van der Waals surface area contributed by atoms with Gasteiger partial charge in [-0.25, -0.2) is 4.79 Å². The summed E-state index contributed by atoms with van der Waals surface area (Å²) in [5.41, 5.74) is 0.763. The molecule has 0 bridgehead atoms. The van der Waals surface area contributed by atoms with E-state index in [0.717, 1.165) is 18.4 Å². The fraction of sp³-hybridized carbons (Fsp3) is 0.524. The van der Waals surface area contributed by atoms with E-state index in [4.69, 9.17) is 14.2 Å². The SMILES string of the molecule is COc1ccc(/C=C/C(=O)OCC(=O)N[C@@H]2CCC[C@@H](C)[C@H]2C)cc1OC. The van der Waals surface area contributed by atoms with E-state index in [1.54, 1.807) is 38.5 Å². The van der Waals surface area contributed by atoms with Crippen LogP contribution in [0.1, 0.15) is 38.7 Å². The summed E-state index contributed by atoms with van der Waals surface area (Å²) >= 11 is 0. The fourth-order valence-electron chi connectivity index (χ4n) is 3.34. The highest BCUT2D eigenvalue weighted by Crippen LogP contribution is 2.29. The molecule has 1 amide bonds. The Balaban J connectivity index is 1.81. The molecule has 1 aromatic rings. The summed E-state index contributed by atoms with van der Waals surface area (Å²) in [6, 6.07) is 5.45. The molecule has 1 aliphatic carbocycles. The van der Waals surface area contributed by atoms with Crippen LogP contribution in [0.4, 0.5) is 0 Å². The molecule has 0 radical (unpaired) electrons. The second-order valence-corrected chi connectivity index (χ2v) is 7.00. The van der Waals surface area contributed by atoms with Crippen LogP contribution in [0.3, 0.4) is 0 Å². The van der Waals surface area contributed by atoms with Gasteiger partial charge in [-0.15, -0.1) is 0 Å². The Bertz CT molecular complexity index is 685. The van der Waals surface area contributed by atoms with Gasteiger partial charge in [0.15, 0.2) is 18.1 Å². The average molecular weight is 375 g/mol. The summed E-state index contributed by atoms with van der Waals surface area (Å²) in [6.07, 6.45) is 6.19. The fourth-order valence-corrected chi connectivity index (χ4v) is 3.34. The van der Waals surface area contributed by atoms with E-state index in [1.807, 2.05) is 0 Å². The summed E-state index contributed by atoms with van der Waals surface area (Å²) in [6.45, 7) is 4.10. The van der Waals surface area contributed by atoms with Crippen molar-refractivity contribution in [3.63, 3.8) is 0 Å². The molecule has 0 unspecified atom stereocenters. The lowest BCUT2D eigenvalue weighted by atomic mass is 9.78. The first-order valence-electron chi connectivity index (χ1n) is 9.30. The van der Waals surface area contributed by atoms with Crippen molar-refractivity contribution in [2.75, 3.05) is 20.8 Å². The van der Waals surface area contributed by atoms with E-state index in [1.165, 1.54) is 12.5 Å². The zero-order valence-electron chi connectivity index (χ0n) is 16.5. The van der Waals surface area contributed by atoms with E-state index in [0.29, 0.717) is 23.3 Å². The third kappa shape index (κ3) is 6.01. The molecule has 2 rings (SSSR count). The number of carbonyl (C=O) groups excluding carboxylic acids is 2. The van der Waals surface area contributed by atoms with Crippen LogP contribution in [0.5, 0.6) is 11.5 Å². The number of amides is 1. The second kappa shape index (κ2) is 10.00. The van der Waals surface area contributed by atoms with Crippen LogP contribution in [-0.2, 0) is 14.3 Å². The van der Waals surface area contributed by atoms with Crippen LogP contribution in [0, 0.1) is 11.8 Å². The zero-order chi connectivity index (χ0) is 19.8. The van der Waals surface area contributed by atoms with Crippen molar-refractivity contribution in [2.24, 2.45) is 11.8 Å². The number of nitrogens with one attached hydrogen (secondary N) is 1. The molecule has 6 nitrogen and oxygen atoms in total. The van der Waals surface area contributed by atoms with Crippen LogP contribution in [-0.4, -0.2) is 38.7 Å². The Kier molecular flexibility index (Phi) is 7.70. The van der Waals surface area contributed by atoms with Gasteiger partial charge in [-0.05, 0) is 42.0 Å². The minimum absolute atomic E-state index is 0.155. The molecule has 27 heavy (non-hydrogen) atoms. The van der Waals surface area contributed by atoms with Crippen molar-refractivity contribution in [1.29, 1.82) is 0 Å². The number of esters is 1. The van der Waals surface area contributed by atoms with E-state index in [9.17, 15) is 9.59 Å². The quantitative estimate of drug-likeness (QED) is 0.585. The number of hydrogen-bond acceptors (Lipinski definition) is 5. The first-order chi connectivity index (χ1) is 12.9. The summed E-state index contributed by atoms with van der Waals surface area (Å²) in [5.74, 6) is 1.39. The molecule has 0 aliphatic heterocycles. The Labute approximate surface area is 160 Å². The molecule has 6 heteroatoms. The molecular formula is C21H29NO5. The molecule has 1 N–H and O–H groups in total. The zero-order valence-corrected chi connectivity index (χ0v) is 16.5. The maximum atomic E-state index is 12.1. The highest BCUT2D eigenvalue weighted by Gasteiger charge is 2.28. The molecule has 3 atom stereocenters. The number of ether oxygens (including phenoxy) is 3. The first kappa shape index (κ1) is 20.8. The van der Waals surface area contributed by atoms with Gasteiger partial charge in [-0.3, -0.25) is 4.79 Å². The minimum atomic E-state index is -0.565. The van der Waals surface area contributed by atoms with Gasteiger partial charge in [0.1, 0.15) is 0 Å². The lowest BCUT2D eigenvalue weighted by Crippen LogP contribution is -2.45. The normalized spacial score (nSPS) is 22.3. The molecule has 1 aromatic carbocycles. The third-order valence-corrected chi connectivity index (χ3v) is 5.22. The summed E-state index contributed by atoms with van der Waals surface area (Å²) < 4.78 is 15.4. The van der Waals surface area contributed by atoms with Gasteiger partial charge in [0.05, 0.1) is 14.2 Å². The minimum Gasteiger partial charge on any atom is -0.493 e.